The lowest BCUT2D eigenvalue weighted by Crippen LogP contribution is -2.28. The molecule has 1 atom stereocenters. The van der Waals surface area contributed by atoms with Crippen LogP contribution in [0.5, 0.6) is 0 Å². The van der Waals surface area contributed by atoms with Gasteiger partial charge in [0.05, 0.1) is 23.0 Å². The number of carbonyl (C=O) groups excluding carboxylic acids is 1. The number of fused-ring (bicyclic) bond motifs is 6. The lowest BCUT2D eigenvalue weighted by molar-refractivity contribution is 0.0953. The molecule has 1 aromatic carbocycles. The minimum Gasteiger partial charge on any atom is -0.340 e. The molecule has 2 aliphatic carbocycles. The number of aromatic nitrogens is 6. The summed E-state index contributed by atoms with van der Waals surface area (Å²) in [5.74, 6) is 0.0394. The Morgan fingerprint density at radius 2 is 1.97 bits per heavy atom. The Morgan fingerprint density at radius 3 is 2.82 bits per heavy atom. The summed E-state index contributed by atoms with van der Waals surface area (Å²) in [7, 11) is 0. The molecular formula is C29H22ClFN6O2. The van der Waals surface area contributed by atoms with E-state index < -0.39 is 5.82 Å². The molecule has 0 radical (unpaired) electrons. The summed E-state index contributed by atoms with van der Waals surface area (Å²) < 4.78 is 19.1. The van der Waals surface area contributed by atoms with Crippen molar-refractivity contribution in [2.75, 3.05) is 0 Å². The minimum atomic E-state index is -0.569. The van der Waals surface area contributed by atoms with Crippen LogP contribution in [0.1, 0.15) is 59.2 Å². The second kappa shape index (κ2) is 7.95. The second-order valence-corrected chi connectivity index (χ2v) is 11.4. The molecule has 1 fully saturated rings. The highest BCUT2D eigenvalue weighted by molar-refractivity contribution is 6.31. The molecule has 8 rings (SSSR count). The van der Waals surface area contributed by atoms with Crippen LogP contribution in [0.25, 0.3) is 28.0 Å². The number of hydrogen-bond donors (Lipinski definition) is 1. The van der Waals surface area contributed by atoms with Gasteiger partial charge in [-0.25, -0.2) is 9.37 Å². The standard InChI is InChI=1S/C29H22ClFN6O2/c30-18-2-1-16-11-29(6-7-29)12-22(38)26-17(25(16)27(18)31)10-24(39)37-20(26)3-4-21(37)28-32-13-19(34-28)15-5-8-36-14-33-35-23(36)9-15/h1-2,5,8-10,13-14,21H,3-4,6-7,11-12H2,(H,32,34)/t21-/m0/s1. The van der Waals surface area contributed by atoms with Crippen molar-refractivity contribution in [3.63, 3.8) is 0 Å². The molecule has 0 bridgehead atoms. The highest BCUT2D eigenvalue weighted by Gasteiger charge is 2.47. The van der Waals surface area contributed by atoms with E-state index in [0.717, 1.165) is 29.7 Å². The van der Waals surface area contributed by atoms with E-state index in [1.165, 1.54) is 6.07 Å². The van der Waals surface area contributed by atoms with Crippen LogP contribution in [0.4, 0.5) is 4.39 Å². The van der Waals surface area contributed by atoms with E-state index in [-0.39, 0.29) is 27.8 Å². The number of aromatic amines is 1. The number of pyridine rings is 2. The van der Waals surface area contributed by atoms with Crippen molar-refractivity contribution in [2.24, 2.45) is 5.41 Å². The van der Waals surface area contributed by atoms with Gasteiger partial charge in [0.1, 0.15) is 18.0 Å². The second-order valence-electron chi connectivity index (χ2n) is 11.0. The Hall–Kier alpha value is -4.11. The summed E-state index contributed by atoms with van der Waals surface area (Å²) in [4.78, 5) is 35.4. The van der Waals surface area contributed by atoms with Crippen LogP contribution in [-0.4, -0.2) is 34.9 Å². The molecule has 0 saturated heterocycles. The fourth-order valence-electron chi connectivity index (χ4n) is 6.52. The molecular weight excluding hydrogens is 519 g/mol. The Kier molecular flexibility index (Phi) is 4.66. The van der Waals surface area contributed by atoms with E-state index >= 15 is 4.39 Å². The van der Waals surface area contributed by atoms with Gasteiger partial charge in [-0.3, -0.25) is 14.0 Å². The molecule has 1 saturated carbocycles. The van der Waals surface area contributed by atoms with Crippen LogP contribution >= 0.6 is 11.6 Å². The molecule has 1 aliphatic heterocycles. The first-order valence-corrected chi connectivity index (χ1v) is 13.4. The Balaban J connectivity index is 1.27. The van der Waals surface area contributed by atoms with E-state index in [1.807, 2.05) is 28.8 Å². The zero-order valence-corrected chi connectivity index (χ0v) is 21.5. The fourth-order valence-corrected chi connectivity index (χ4v) is 6.68. The van der Waals surface area contributed by atoms with Gasteiger partial charge in [0, 0.05) is 46.6 Å². The van der Waals surface area contributed by atoms with Crippen LogP contribution in [0.15, 0.2) is 53.8 Å². The van der Waals surface area contributed by atoms with E-state index in [9.17, 15) is 9.59 Å². The third kappa shape index (κ3) is 3.39. The number of hydrogen-bond acceptors (Lipinski definition) is 5. The topological polar surface area (TPSA) is 97.9 Å². The number of H-pyrrole nitrogens is 1. The first kappa shape index (κ1) is 22.8. The molecule has 1 spiro atoms. The van der Waals surface area contributed by atoms with Gasteiger partial charge in [-0.2, -0.15) is 0 Å². The van der Waals surface area contributed by atoms with Gasteiger partial charge in [-0.15, -0.1) is 10.2 Å². The molecule has 5 aromatic rings. The number of rotatable bonds is 2. The molecule has 3 aliphatic rings. The maximum absolute atomic E-state index is 15.6. The van der Waals surface area contributed by atoms with E-state index in [1.54, 1.807) is 23.2 Å². The van der Waals surface area contributed by atoms with Crippen molar-refractivity contribution < 1.29 is 9.18 Å². The molecule has 5 heterocycles. The molecule has 0 amide bonds. The van der Waals surface area contributed by atoms with E-state index in [2.05, 4.69) is 20.2 Å². The molecule has 10 heteroatoms. The van der Waals surface area contributed by atoms with Crippen LogP contribution in [-0.2, 0) is 12.8 Å². The quantitative estimate of drug-likeness (QED) is 0.332. The highest BCUT2D eigenvalue weighted by atomic mass is 35.5. The van der Waals surface area contributed by atoms with Crippen molar-refractivity contribution in [3.05, 3.63) is 92.9 Å². The largest absolute Gasteiger partial charge is 0.340 e. The highest BCUT2D eigenvalue weighted by Crippen LogP contribution is 2.55. The predicted octanol–water partition coefficient (Wildman–Crippen LogP) is 5.19. The predicted molar refractivity (Wildman–Crippen MR) is 142 cm³/mol. The zero-order valence-electron chi connectivity index (χ0n) is 20.7. The summed E-state index contributed by atoms with van der Waals surface area (Å²) in [6.45, 7) is 0. The van der Waals surface area contributed by atoms with E-state index in [4.69, 9.17) is 11.6 Å². The lowest BCUT2D eigenvalue weighted by Gasteiger charge is -2.25. The van der Waals surface area contributed by atoms with Crippen LogP contribution in [0.2, 0.25) is 5.02 Å². The monoisotopic (exact) mass is 540 g/mol. The van der Waals surface area contributed by atoms with E-state index in [0.29, 0.717) is 59.5 Å². The summed E-state index contributed by atoms with van der Waals surface area (Å²) in [5, 5.41) is 8.01. The van der Waals surface area contributed by atoms with Gasteiger partial charge in [-0.05, 0) is 61.3 Å². The number of carbonyl (C=O) groups is 1. The fraction of sp³-hybridized carbons (Fsp3) is 0.276. The van der Waals surface area contributed by atoms with Crippen LogP contribution in [0, 0.1) is 11.2 Å². The summed E-state index contributed by atoms with van der Waals surface area (Å²) >= 11 is 6.20. The SMILES string of the molecule is O=C1CC2(CC2)Cc2ccc(Cl)c(F)c2-c2cc(=O)n3c(c21)CC[C@H]3c1ncc(-c2ccn3cnnc3c2)[nH]1. The van der Waals surface area contributed by atoms with Crippen molar-refractivity contribution in [2.45, 2.75) is 44.6 Å². The Labute approximate surface area is 226 Å². The third-order valence-corrected chi connectivity index (χ3v) is 8.92. The van der Waals surface area contributed by atoms with Crippen LogP contribution in [0.3, 0.4) is 0 Å². The van der Waals surface area contributed by atoms with Gasteiger partial charge in [-0.1, -0.05) is 17.7 Å². The number of Topliss-reactive ketones (excluding diaryl/α,β-unsaturated/α-hetero) is 1. The first-order valence-electron chi connectivity index (χ1n) is 13.0. The maximum Gasteiger partial charge on any atom is 0.252 e. The average molecular weight is 541 g/mol. The van der Waals surface area contributed by atoms with Crippen molar-refractivity contribution in [1.29, 1.82) is 0 Å². The van der Waals surface area contributed by atoms with Crippen molar-refractivity contribution >= 4 is 23.0 Å². The van der Waals surface area contributed by atoms with Crippen LogP contribution < -0.4 is 5.56 Å². The zero-order chi connectivity index (χ0) is 26.5. The maximum atomic E-state index is 15.6. The molecule has 8 nitrogen and oxygen atoms in total. The summed E-state index contributed by atoms with van der Waals surface area (Å²) in [6.07, 6.45) is 9.25. The third-order valence-electron chi connectivity index (χ3n) is 8.63. The molecule has 4 aromatic heterocycles. The number of nitrogens with zero attached hydrogens (tertiary/aromatic N) is 5. The number of benzene rings is 1. The van der Waals surface area contributed by atoms with Gasteiger partial charge in [0.2, 0.25) is 0 Å². The Bertz CT molecular complexity index is 1920. The lowest BCUT2D eigenvalue weighted by atomic mass is 9.80. The molecule has 39 heavy (non-hydrogen) atoms. The van der Waals surface area contributed by atoms with Gasteiger partial charge < -0.3 is 9.55 Å². The molecule has 1 N–H and O–H groups in total. The summed E-state index contributed by atoms with van der Waals surface area (Å²) in [6, 6.07) is 8.32. The summed E-state index contributed by atoms with van der Waals surface area (Å²) in [5.41, 5.74) is 4.55. The average Bonchev–Trinajstić information content (AvgIpc) is 3.31. The van der Waals surface area contributed by atoms with Gasteiger partial charge >= 0.3 is 0 Å². The number of halogens is 2. The van der Waals surface area contributed by atoms with Crippen molar-refractivity contribution in [3.8, 4) is 22.4 Å². The smallest absolute Gasteiger partial charge is 0.252 e. The number of nitrogens with one attached hydrogen (secondary N) is 1. The van der Waals surface area contributed by atoms with Crippen molar-refractivity contribution in [1.82, 2.24) is 29.1 Å². The van der Waals surface area contributed by atoms with Gasteiger partial charge in [0.15, 0.2) is 11.4 Å². The molecule has 194 valence electrons. The normalized spacial score (nSPS) is 19.0. The first-order chi connectivity index (χ1) is 18.9. The number of ketones is 1. The Morgan fingerprint density at radius 1 is 1.10 bits per heavy atom. The van der Waals surface area contributed by atoms with Gasteiger partial charge in [0.25, 0.3) is 5.56 Å². The minimum absolute atomic E-state index is 0.0107. The number of imidazole rings is 1. The molecule has 0 unspecified atom stereocenters.